The molecule has 0 atom stereocenters. The summed E-state index contributed by atoms with van der Waals surface area (Å²) in [6.45, 7) is 5.50. The van der Waals surface area contributed by atoms with E-state index in [0.29, 0.717) is 31.8 Å². The Kier molecular flexibility index (Phi) is 4.59. The van der Waals surface area contributed by atoms with Crippen molar-refractivity contribution in [2.45, 2.75) is 51.6 Å². The van der Waals surface area contributed by atoms with E-state index in [0.717, 1.165) is 19.3 Å². The maximum Gasteiger partial charge on any atom is 0.314 e. The first-order valence-electron chi connectivity index (χ1n) is 6.27. The first kappa shape index (κ1) is 13.3. The highest BCUT2D eigenvalue weighted by Crippen LogP contribution is 2.31. The van der Waals surface area contributed by atoms with Gasteiger partial charge in [-0.25, -0.2) is 4.79 Å². The minimum absolute atomic E-state index is 0.371. The summed E-state index contributed by atoms with van der Waals surface area (Å²) in [5.41, 5.74) is 4.63. The third kappa shape index (κ3) is 3.37. The van der Waals surface area contributed by atoms with Crippen molar-refractivity contribution in [1.82, 2.24) is 4.90 Å². The average Bonchev–Trinajstić information content (AvgIpc) is 2.26. The first-order valence-corrected chi connectivity index (χ1v) is 6.27. The first-order chi connectivity index (χ1) is 7.50. The van der Waals surface area contributed by atoms with Gasteiger partial charge in [0.25, 0.3) is 0 Å². The molecule has 1 fully saturated rings. The topological polar surface area (TPSA) is 66.6 Å². The maximum atomic E-state index is 11.0. The molecule has 0 spiro atoms. The maximum absolute atomic E-state index is 11.0. The molecule has 1 aliphatic rings. The second-order valence-electron chi connectivity index (χ2n) is 4.94. The van der Waals surface area contributed by atoms with Crippen LogP contribution in [-0.4, -0.2) is 34.7 Å². The van der Waals surface area contributed by atoms with Crippen molar-refractivity contribution in [1.29, 1.82) is 0 Å². The van der Waals surface area contributed by atoms with Crippen LogP contribution in [0.5, 0.6) is 0 Å². The molecule has 0 aromatic heterocycles. The van der Waals surface area contributed by atoms with Crippen molar-refractivity contribution >= 4 is 6.03 Å². The summed E-state index contributed by atoms with van der Waals surface area (Å²) in [6.07, 6.45) is 4.39. The molecule has 4 heteroatoms. The summed E-state index contributed by atoms with van der Waals surface area (Å²) in [7, 11) is 0. The zero-order chi connectivity index (χ0) is 12.2. The number of hydrogen-bond acceptors (Lipinski definition) is 2. The second kappa shape index (κ2) is 5.53. The van der Waals surface area contributed by atoms with Crippen molar-refractivity contribution in [2.24, 2.45) is 11.7 Å². The fourth-order valence-corrected chi connectivity index (χ4v) is 2.46. The molecule has 0 aromatic rings. The van der Waals surface area contributed by atoms with Gasteiger partial charge in [-0.2, -0.15) is 0 Å². The molecule has 0 radical (unpaired) electrons. The molecule has 3 N–H and O–H groups in total. The Bertz CT molecular complexity index is 231. The summed E-state index contributed by atoms with van der Waals surface area (Å²) >= 11 is 0. The van der Waals surface area contributed by atoms with Gasteiger partial charge in [0, 0.05) is 13.1 Å². The van der Waals surface area contributed by atoms with Crippen LogP contribution in [0.3, 0.4) is 0 Å². The van der Waals surface area contributed by atoms with Crippen LogP contribution < -0.4 is 5.73 Å². The number of hydrogen-bond donors (Lipinski definition) is 2. The minimum Gasteiger partial charge on any atom is -0.390 e. The van der Waals surface area contributed by atoms with E-state index in [9.17, 15) is 9.90 Å². The highest BCUT2D eigenvalue weighted by molar-refractivity contribution is 5.72. The summed E-state index contributed by atoms with van der Waals surface area (Å²) < 4.78 is 0. The highest BCUT2D eigenvalue weighted by atomic mass is 16.3. The van der Waals surface area contributed by atoms with Crippen LogP contribution in [0.1, 0.15) is 46.0 Å². The number of likely N-dealkylation sites (tertiary alicyclic amines) is 1. The Balaban J connectivity index is 2.46. The van der Waals surface area contributed by atoms with Gasteiger partial charge < -0.3 is 15.7 Å². The van der Waals surface area contributed by atoms with Gasteiger partial charge in [-0.1, -0.05) is 26.7 Å². The molecule has 0 saturated carbocycles. The van der Waals surface area contributed by atoms with Crippen LogP contribution in [0.2, 0.25) is 0 Å². The quantitative estimate of drug-likeness (QED) is 0.769. The Morgan fingerprint density at radius 1 is 1.38 bits per heavy atom. The van der Waals surface area contributed by atoms with Crippen molar-refractivity contribution < 1.29 is 9.90 Å². The van der Waals surface area contributed by atoms with E-state index in [1.165, 1.54) is 0 Å². The predicted octanol–water partition coefficient (Wildman–Crippen LogP) is 1.72. The highest BCUT2D eigenvalue weighted by Gasteiger charge is 2.34. The lowest BCUT2D eigenvalue weighted by molar-refractivity contribution is -0.0312. The molecule has 94 valence electrons. The Morgan fingerprint density at radius 2 is 1.88 bits per heavy atom. The van der Waals surface area contributed by atoms with Gasteiger partial charge in [-0.15, -0.1) is 0 Å². The lowest BCUT2D eigenvalue weighted by Gasteiger charge is -2.39. The number of carbonyl (C=O) groups excluding carboxylic acids is 1. The number of urea groups is 1. The molecule has 0 aliphatic carbocycles. The van der Waals surface area contributed by atoms with Crippen LogP contribution >= 0.6 is 0 Å². The van der Waals surface area contributed by atoms with Gasteiger partial charge >= 0.3 is 6.03 Å². The lowest BCUT2D eigenvalue weighted by atomic mass is 9.81. The third-order valence-electron chi connectivity index (χ3n) is 3.83. The number of primary amides is 1. The largest absolute Gasteiger partial charge is 0.390 e. The predicted molar refractivity (Wildman–Crippen MR) is 64.0 cm³/mol. The zero-order valence-corrected chi connectivity index (χ0v) is 10.4. The van der Waals surface area contributed by atoms with Gasteiger partial charge in [0.05, 0.1) is 5.60 Å². The number of nitrogens with two attached hydrogens (primary N) is 1. The van der Waals surface area contributed by atoms with E-state index >= 15 is 0 Å². The van der Waals surface area contributed by atoms with Crippen LogP contribution in [0.4, 0.5) is 4.79 Å². The molecule has 0 bridgehead atoms. The zero-order valence-electron chi connectivity index (χ0n) is 10.4. The number of piperidine rings is 1. The number of nitrogens with zero attached hydrogens (tertiary/aromatic N) is 1. The molecule has 2 amide bonds. The number of carbonyl (C=O) groups is 1. The Morgan fingerprint density at radius 3 is 2.25 bits per heavy atom. The molecule has 1 heterocycles. The molecule has 0 aromatic carbocycles. The summed E-state index contributed by atoms with van der Waals surface area (Å²) in [4.78, 5) is 12.6. The smallest absolute Gasteiger partial charge is 0.314 e. The monoisotopic (exact) mass is 228 g/mol. The lowest BCUT2D eigenvalue weighted by Crippen LogP contribution is -2.49. The van der Waals surface area contributed by atoms with Gasteiger partial charge in [0.1, 0.15) is 0 Å². The summed E-state index contributed by atoms with van der Waals surface area (Å²) in [5.74, 6) is 0.588. The van der Waals surface area contributed by atoms with E-state index in [4.69, 9.17) is 5.73 Å². The Labute approximate surface area is 97.8 Å². The molecule has 16 heavy (non-hydrogen) atoms. The van der Waals surface area contributed by atoms with Crippen LogP contribution in [-0.2, 0) is 0 Å². The number of rotatable bonds is 4. The van der Waals surface area contributed by atoms with E-state index < -0.39 is 5.60 Å². The van der Waals surface area contributed by atoms with Crippen LogP contribution in [0.15, 0.2) is 0 Å². The molecule has 1 rings (SSSR count). The van der Waals surface area contributed by atoms with Crippen molar-refractivity contribution in [2.75, 3.05) is 13.1 Å². The van der Waals surface area contributed by atoms with Crippen LogP contribution in [0, 0.1) is 5.92 Å². The SMILES string of the molecule is CCC(CC)CC1(O)CCN(C(N)=O)CC1. The fourth-order valence-electron chi connectivity index (χ4n) is 2.46. The van der Waals surface area contributed by atoms with Crippen molar-refractivity contribution in [3.05, 3.63) is 0 Å². The van der Waals surface area contributed by atoms with E-state index in [1.54, 1.807) is 4.90 Å². The van der Waals surface area contributed by atoms with Gasteiger partial charge in [0.2, 0.25) is 0 Å². The molecular weight excluding hydrogens is 204 g/mol. The number of amides is 2. The number of aliphatic hydroxyl groups is 1. The third-order valence-corrected chi connectivity index (χ3v) is 3.83. The normalized spacial score (nSPS) is 20.1. The Hall–Kier alpha value is -0.770. The molecule has 1 aliphatic heterocycles. The minimum atomic E-state index is -0.581. The van der Waals surface area contributed by atoms with E-state index in [-0.39, 0.29) is 6.03 Å². The van der Waals surface area contributed by atoms with Crippen molar-refractivity contribution in [3.63, 3.8) is 0 Å². The van der Waals surface area contributed by atoms with Crippen molar-refractivity contribution in [3.8, 4) is 0 Å². The van der Waals surface area contributed by atoms with E-state index in [2.05, 4.69) is 13.8 Å². The fraction of sp³-hybridized carbons (Fsp3) is 0.917. The summed E-state index contributed by atoms with van der Waals surface area (Å²) in [5, 5.41) is 10.4. The van der Waals surface area contributed by atoms with E-state index in [1.807, 2.05) is 0 Å². The standard InChI is InChI=1S/C12H24N2O2/c1-3-10(4-2)9-12(16)5-7-14(8-6-12)11(13)15/h10,16H,3-9H2,1-2H3,(H2,13,15). The second-order valence-corrected chi connectivity index (χ2v) is 4.94. The molecule has 4 nitrogen and oxygen atoms in total. The van der Waals surface area contributed by atoms with Gasteiger partial charge in [-0.05, 0) is 25.2 Å². The summed E-state index contributed by atoms with van der Waals surface area (Å²) in [6, 6.07) is -0.371. The molecule has 0 unspecified atom stereocenters. The molecular formula is C12H24N2O2. The molecule has 1 saturated heterocycles. The van der Waals surface area contributed by atoms with Gasteiger partial charge in [-0.3, -0.25) is 0 Å². The van der Waals surface area contributed by atoms with Crippen LogP contribution in [0.25, 0.3) is 0 Å². The van der Waals surface area contributed by atoms with Gasteiger partial charge in [0.15, 0.2) is 0 Å². The average molecular weight is 228 g/mol.